The van der Waals surface area contributed by atoms with E-state index < -0.39 is 0 Å². The van der Waals surface area contributed by atoms with Gasteiger partial charge in [-0.1, -0.05) is 38.8 Å². The second kappa shape index (κ2) is 30.0. The van der Waals surface area contributed by atoms with Crippen LogP contribution in [0, 0.1) is 11.8 Å². The number of rotatable bonds is 13. The maximum absolute atomic E-state index is 2.43. The van der Waals surface area contributed by atoms with Gasteiger partial charge in [0.25, 0.3) is 0 Å². The first-order valence-electron chi connectivity index (χ1n) is 32.6. The van der Waals surface area contributed by atoms with Crippen LogP contribution in [0.5, 0.6) is 0 Å². The van der Waals surface area contributed by atoms with Gasteiger partial charge >= 0.3 is 0 Å². The summed E-state index contributed by atoms with van der Waals surface area (Å²) in [5, 5.41) is 0. The van der Waals surface area contributed by atoms with E-state index in [-0.39, 0.29) is 0 Å². The summed E-state index contributed by atoms with van der Waals surface area (Å²) in [5.41, 5.74) is 48.8. The van der Waals surface area contributed by atoms with Crippen molar-refractivity contribution >= 4 is 17.1 Å². The van der Waals surface area contributed by atoms with Gasteiger partial charge in [-0.05, 0) is 337 Å². The van der Waals surface area contributed by atoms with E-state index in [1.54, 1.807) is 22.3 Å². The fourth-order valence-corrected chi connectivity index (χ4v) is 14.3. The summed E-state index contributed by atoms with van der Waals surface area (Å²) >= 11 is 0. The first kappa shape index (κ1) is 71.4. The monoisotopic (exact) mass is 1140 g/mol. The Balaban J connectivity index is 0.000000271. The maximum Gasteiger partial charge on any atom is 0.183 e. The normalized spacial score (nSPS) is 21.8. The van der Waals surface area contributed by atoms with Crippen LogP contribution in [0.15, 0.2) is 167 Å². The van der Waals surface area contributed by atoms with Crippen LogP contribution in [0.1, 0.15) is 252 Å². The van der Waals surface area contributed by atoms with Gasteiger partial charge < -0.3 is 4.90 Å². The molecule has 6 rings (SSSR count). The van der Waals surface area contributed by atoms with E-state index in [2.05, 4.69) is 248 Å². The van der Waals surface area contributed by atoms with Gasteiger partial charge in [-0.2, -0.15) is 0 Å². The highest BCUT2D eigenvalue weighted by molar-refractivity contribution is 6.03. The lowest BCUT2D eigenvalue weighted by molar-refractivity contribution is -0.488. The van der Waals surface area contributed by atoms with Gasteiger partial charge in [0.05, 0.1) is 6.42 Å². The average molecular weight is 1140 g/mol. The summed E-state index contributed by atoms with van der Waals surface area (Å²) in [6.07, 6.45) is 10.8. The van der Waals surface area contributed by atoms with Crippen LogP contribution >= 0.6 is 0 Å². The summed E-state index contributed by atoms with van der Waals surface area (Å²) in [6, 6.07) is 0. The highest BCUT2D eigenvalue weighted by Gasteiger charge is 2.30. The van der Waals surface area contributed by atoms with Crippen LogP contribution in [0.3, 0.4) is 0 Å². The molecule has 3 aliphatic heterocycles. The third-order valence-corrected chi connectivity index (χ3v) is 22.7. The van der Waals surface area contributed by atoms with Crippen molar-refractivity contribution in [2.75, 3.05) is 54.9 Å². The lowest BCUT2D eigenvalue weighted by atomic mass is 9.88. The molecule has 4 nitrogen and oxygen atoms in total. The summed E-state index contributed by atoms with van der Waals surface area (Å²) in [5.74, 6) is 1.26. The lowest BCUT2D eigenvalue weighted by Crippen LogP contribution is -2.13. The third kappa shape index (κ3) is 15.5. The van der Waals surface area contributed by atoms with Crippen molar-refractivity contribution in [3.05, 3.63) is 167 Å². The maximum atomic E-state index is 2.43. The Kier molecular flexibility index (Phi) is 25.5. The van der Waals surface area contributed by atoms with Crippen molar-refractivity contribution < 1.29 is 13.7 Å². The van der Waals surface area contributed by atoms with E-state index in [0.717, 1.165) is 19.3 Å². The molecule has 1 fully saturated rings. The molecule has 0 aromatic carbocycles. The van der Waals surface area contributed by atoms with Crippen molar-refractivity contribution in [2.24, 2.45) is 11.8 Å². The van der Waals surface area contributed by atoms with Crippen LogP contribution in [-0.4, -0.2) is 90.6 Å². The van der Waals surface area contributed by atoms with Crippen molar-refractivity contribution in [3.8, 4) is 0 Å². The summed E-state index contributed by atoms with van der Waals surface area (Å²) in [6.45, 7) is 68.2. The van der Waals surface area contributed by atoms with Crippen LogP contribution < -0.4 is 0 Å². The SMILES string of the molecule is CC(=C1CCCN1C)/C(C)=C(C)/C(C)=C(C)/C(C)=C(/C)C1=[N+](C)CCC1.CC1=C(/C(C)=C(C)/C(C)=C(C)/C(C)=C(/C)C2=[N+](C)CCC2)CC(C(C)C)=C1C.CC1=C(C)\C(=C(C)/C(C)=C(C)/C(C)=C(\C)C2=C(C)C(C)=C(C(C)C)C2)CC1=[N+](C)C. The molecule has 0 N–H and O–H groups in total. The van der Waals surface area contributed by atoms with Crippen molar-refractivity contribution in [2.45, 2.75) is 252 Å². The number of likely N-dealkylation sites (tertiary alicyclic amines) is 1. The van der Waals surface area contributed by atoms with Crippen molar-refractivity contribution in [3.63, 3.8) is 0 Å². The minimum Gasteiger partial charge on any atom is -0.378 e. The molecular formula is C80H125N4+3. The van der Waals surface area contributed by atoms with Gasteiger partial charge in [0.15, 0.2) is 17.1 Å². The molecular weight excluding hydrogens is 1020 g/mol. The second-order valence-electron chi connectivity index (χ2n) is 27.6. The molecule has 0 bridgehead atoms. The molecule has 0 aromatic rings. The van der Waals surface area contributed by atoms with Gasteiger partial charge in [-0.15, -0.1) is 0 Å². The topological polar surface area (TPSA) is 12.3 Å². The van der Waals surface area contributed by atoms with Gasteiger partial charge in [-0.25, -0.2) is 13.7 Å². The van der Waals surface area contributed by atoms with E-state index >= 15 is 0 Å². The molecule has 0 spiro atoms. The summed E-state index contributed by atoms with van der Waals surface area (Å²) < 4.78 is 7.14. The third-order valence-electron chi connectivity index (χ3n) is 22.7. The summed E-state index contributed by atoms with van der Waals surface area (Å²) in [4.78, 5) is 2.43. The fourth-order valence-electron chi connectivity index (χ4n) is 14.3. The molecule has 6 aliphatic rings. The molecule has 4 heteroatoms. The zero-order valence-corrected chi connectivity index (χ0v) is 60.9. The van der Waals surface area contributed by atoms with Crippen LogP contribution in [-0.2, 0) is 0 Å². The van der Waals surface area contributed by atoms with E-state index in [1.165, 1.54) is 220 Å². The van der Waals surface area contributed by atoms with Crippen LogP contribution in [0.4, 0.5) is 0 Å². The van der Waals surface area contributed by atoms with Crippen LogP contribution in [0.2, 0.25) is 0 Å². The Morgan fingerprint density at radius 3 is 1.05 bits per heavy atom. The fraction of sp³-hybridized carbons (Fsp3) is 0.588. The molecule has 84 heavy (non-hydrogen) atoms. The Morgan fingerprint density at radius 1 is 0.393 bits per heavy atom. The molecule has 0 radical (unpaired) electrons. The molecule has 0 saturated carbocycles. The predicted octanol–water partition coefficient (Wildman–Crippen LogP) is 21.6. The molecule has 0 amide bonds. The van der Waals surface area contributed by atoms with Gasteiger partial charge in [0, 0.05) is 61.7 Å². The highest BCUT2D eigenvalue weighted by Crippen LogP contribution is 2.44. The molecule has 462 valence electrons. The molecule has 0 unspecified atom stereocenters. The number of hydrogen-bond donors (Lipinski definition) is 0. The Morgan fingerprint density at radius 2 is 0.738 bits per heavy atom. The number of hydrogen-bond acceptors (Lipinski definition) is 1. The standard InChI is InChI=1S/C29H44N.C27H42N.C24H39N2/c1-16(2)26-14-27(23(9)22(26)8)20(6)18(4)17(3)19(5)21(7)28-15-29(30(12)13)25(11)24(28)10;1-16(2)25-15-26(23(9)22(25)8)21(7)19(5)17(3)18(4)20(6)24(10)27-13-12-14-28(27)11;1-16(17(2)19(4)21(6)23-12-10-14-25(23)8)18(3)20(5)22(7)24-13-11-15-26(24)9/h16H,14-15H2,1-13H3;16H,12-15H2,1-11H3;10-15H2,1-9H3/q3*+1/b19-17+,20-18+,28-21-;18-17+,21-19+,24-20-;. The van der Waals surface area contributed by atoms with Gasteiger partial charge in [-0.3, -0.25) is 0 Å². The molecule has 1 saturated heterocycles. The van der Waals surface area contributed by atoms with Gasteiger partial charge in [0.2, 0.25) is 0 Å². The zero-order chi connectivity index (χ0) is 64.0. The predicted molar refractivity (Wildman–Crippen MR) is 375 cm³/mol. The Labute approximate surface area is 518 Å². The molecule has 3 aliphatic carbocycles. The lowest BCUT2D eigenvalue weighted by Gasteiger charge is -2.20. The van der Waals surface area contributed by atoms with E-state index in [0.29, 0.717) is 11.8 Å². The minimum atomic E-state index is 0.624. The first-order valence-corrected chi connectivity index (χ1v) is 32.6. The van der Waals surface area contributed by atoms with Crippen LogP contribution in [0.25, 0.3) is 0 Å². The van der Waals surface area contributed by atoms with Gasteiger partial charge in [0.1, 0.15) is 41.3 Å². The summed E-state index contributed by atoms with van der Waals surface area (Å²) in [7, 11) is 11.0. The minimum absolute atomic E-state index is 0.624. The molecule has 0 atom stereocenters. The van der Waals surface area contributed by atoms with Crippen molar-refractivity contribution in [1.29, 1.82) is 0 Å². The smallest absolute Gasteiger partial charge is 0.183 e. The zero-order valence-electron chi connectivity index (χ0n) is 60.9. The molecule has 3 heterocycles. The largest absolute Gasteiger partial charge is 0.378 e. The van der Waals surface area contributed by atoms with Crippen molar-refractivity contribution in [1.82, 2.24) is 4.90 Å². The van der Waals surface area contributed by atoms with E-state index in [1.807, 2.05) is 0 Å². The number of nitrogens with zero attached hydrogens (tertiary/aromatic N) is 4. The Bertz CT molecular complexity index is 3280. The Hall–Kier alpha value is -5.09. The number of allylic oxidation sites excluding steroid dienone is 30. The second-order valence-corrected chi connectivity index (χ2v) is 27.6. The molecule has 0 aromatic heterocycles. The first-order chi connectivity index (χ1) is 39.0. The van der Waals surface area contributed by atoms with E-state index in [4.69, 9.17) is 0 Å². The highest BCUT2D eigenvalue weighted by atomic mass is 15.1. The quantitative estimate of drug-likeness (QED) is 0.132. The average Bonchev–Trinajstić information content (AvgIpc) is 3.88. The van der Waals surface area contributed by atoms with E-state index in [9.17, 15) is 0 Å².